The molecule has 0 aromatic heterocycles. The lowest BCUT2D eigenvalue weighted by molar-refractivity contribution is -0.314. The van der Waals surface area contributed by atoms with Gasteiger partial charge < -0.3 is 48.1 Å². The van der Waals surface area contributed by atoms with E-state index in [0.29, 0.717) is 30.3 Å². The number of hydrogen-bond donors (Lipinski definition) is 1. The Kier molecular flexibility index (Phi) is 12.4. The van der Waals surface area contributed by atoms with Crippen LogP contribution in [0.2, 0.25) is 0 Å². The molecule has 0 aromatic carbocycles. The normalized spacial score (nSPS) is 48.8. The highest BCUT2D eigenvalue weighted by Crippen LogP contribution is 2.60. The van der Waals surface area contributed by atoms with Crippen molar-refractivity contribution in [3.8, 4) is 0 Å². The summed E-state index contributed by atoms with van der Waals surface area (Å²) in [5, 5.41) is 3.82. The Bertz CT molecular complexity index is 1330. The number of rotatable bonds is 9. The summed E-state index contributed by atoms with van der Waals surface area (Å²) < 4.78 is 49.8. The Morgan fingerprint density at radius 2 is 1.58 bits per heavy atom. The van der Waals surface area contributed by atoms with Crippen molar-refractivity contribution < 1.29 is 47.5 Å². The lowest BCUT2D eigenvalue weighted by Crippen LogP contribution is -2.59. The Labute approximate surface area is 316 Å². The number of hydrogen-bond acceptors (Lipinski definition) is 12. The fourth-order valence-corrected chi connectivity index (χ4v) is 11.5. The van der Waals surface area contributed by atoms with E-state index in [2.05, 4.69) is 44.2 Å². The van der Waals surface area contributed by atoms with Crippen molar-refractivity contribution in [2.75, 3.05) is 35.4 Å². The number of carbonyl (C=O) groups excluding carboxylic acids is 2. The fourth-order valence-electron chi connectivity index (χ4n) is 11.5. The Morgan fingerprint density at radius 1 is 0.849 bits per heavy atom. The summed E-state index contributed by atoms with van der Waals surface area (Å²) in [6, 6.07) is 0.946. The van der Waals surface area contributed by atoms with Crippen molar-refractivity contribution in [1.29, 1.82) is 0 Å². The van der Waals surface area contributed by atoms with E-state index in [-0.39, 0.29) is 96.9 Å². The first-order valence-corrected chi connectivity index (χ1v) is 20.6. The van der Waals surface area contributed by atoms with Crippen LogP contribution in [0.25, 0.3) is 0 Å². The van der Waals surface area contributed by atoms with E-state index in [1.807, 2.05) is 13.8 Å². The van der Waals surface area contributed by atoms with Gasteiger partial charge in [-0.25, -0.2) is 0 Å². The maximum Gasteiger partial charge on any atom is 0.306 e. The maximum absolute atomic E-state index is 14.8. The van der Waals surface area contributed by atoms with Gasteiger partial charge in [-0.2, -0.15) is 0 Å². The molecule has 6 fully saturated rings. The van der Waals surface area contributed by atoms with Crippen molar-refractivity contribution >= 4 is 11.8 Å². The van der Waals surface area contributed by atoms with Gasteiger partial charge in [0.1, 0.15) is 24.4 Å². The molecule has 12 nitrogen and oxygen atoms in total. The van der Waals surface area contributed by atoms with Crippen LogP contribution in [0.1, 0.15) is 85.5 Å². The van der Waals surface area contributed by atoms with Crippen LogP contribution < -0.4 is 5.32 Å². The Morgan fingerprint density at radius 3 is 2.26 bits per heavy atom. The predicted molar refractivity (Wildman–Crippen MR) is 196 cm³/mol. The maximum atomic E-state index is 14.8. The molecule has 0 radical (unpaired) electrons. The summed E-state index contributed by atoms with van der Waals surface area (Å²) in [4.78, 5) is 30.6. The van der Waals surface area contributed by atoms with Gasteiger partial charge in [-0.1, -0.05) is 19.9 Å². The third-order valence-corrected chi connectivity index (χ3v) is 14.2. The highest BCUT2D eigenvalue weighted by Gasteiger charge is 2.65. The van der Waals surface area contributed by atoms with Crippen molar-refractivity contribution in [1.82, 2.24) is 10.2 Å². The van der Waals surface area contributed by atoms with Crippen LogP contribution in [0.15, 0.2) is 11.6 Å². The second kappa shape index (κ2) is 16.5. The van der Waals surface area contributed by atoms with E-state index in [1.165, 1.54) is 0 Å². The number of likely N-dealkylation sites (N-methyl/N-ethyl adjacent to an activating group) is 1. The molecule has 2 saturated carbocycles. The fraction of sp³-hybridized carbons (Fsp3) is 0.902. The first-order valence-electron chi connectivity index (χ1n) is 20.6. The van der Waals surface area contributed by atoms with Crippen molar-refractivity contribution in [3.63, 3.8) is 0 Å². The first-order chi connectivity index (χ1) is 25.5. The van der Waals surface area contributed by atoms with E-state index >= 15 is 0 Å². The molecule has 7 rings (SSSR count). The summed E-state index contributed by atoms with van der Waals surface area (Å²) in [7, 11) is 9.18. The molecule has 0 bridgehead atoms. The Balaban J connectivity index is 1.11. The van der Waals surface area contributed by atoms with Gasteiger partial charge in [0.25, 0.3) is 0 Å². The van der Waals surface area contributed by atoms with Gasteiger partial charge in [0.15, 0.2) is 18.4 Å². The minimum Gasteiger partial charge on any atom is -0.462 e. The molecule has 1 N–H and O–H groups in total. The molecule has 12 heteroatoms. The van der Waals surface area contributed by atoms with Gasteiger partial charge in [0, 0.05) is 51.3 Å². The van der Waals surface area contributed by atoms with Crippen LogP contribution in [0.4, 0.5) is 0 Å². The highest BCUT2D eigenvalue weighted by molar-refractivity contribution is 5.99. The topological polar surface area (TPSA) is 133 Å². The van der Waals surface area contributed by atoms with Gasteiger partial charge in [-0.3, -0.25) is 9.59 Å². The number of esters is 1. The monoisotopic (exact) mass is 746 g/mol. The quantitative estimate of drug-likeness (QED) is 0.267. The molecule has 53 heavy (non-hydrogen) atoms. The number of ketones is 1. The first kappa shape index (κ1) is 39.7. The van der Waals surface area contributed by atoms with E-state index in [0.717, 1.165) is 50.5 Å². The zero-order valence-electron chi connectivity index (χ0n) is 33.4. The minimum absolute atomic E-state index is 0.0316. The van der Waals surface area contributed by atoms with Gasteiger partial charge in [-0.05, 0) is 109 Å². The minimum atomic E-state index is -0.585. The number of allylic oxidation sites excluding steroid dienone is 2. The van der Waals surface area contributed by atoms with Crippen molar-refractivity contribution in [3.05, 3.63) is 11.6 Å². The van der Waals surface area contributed by atoms with Gasteiger partial charge in [0.2, 0.25) is 0 Å². The molecule has 7 aliphatic rings. The molecule has 0 amide bonds. The molecule has 300 valence electrons. The number of ether oxygens (including phenoxy) is 8. The van der Waals surface area contributed by atoms with Gasteiger partial charge in [0.05, 0.1) is 30.8 Å². The third kappa shape index (κ3) is 7.80. The lowest BCUT2D eigenvalue weighted by atomic mass is 9.66. The zero-order chi connectivity index (χ0) is 37.7. The average Bonchev–Trinajstić information content (AvgIpc) is 3.67. The summed E-state index contributed by atoms with van der Waals surface area (Å²) in [6.45, 7) is 8.21. The summed E-state index contributed by atoms with van der Waals surface area (Å²) >= 11 is 0. The molecular formula is C41H66N2O10. The molecular weight excluding hydrogens is 680 g/mol. The molecule has 0 spiro atoms. The average molecular weight is 747 g/mol. The SMILES string of the molecule is CC[C@H]1CCC[C@H](OC2CC[C@H](N(C)C)C(C)O2)[C@@H](C)C(=O)C2=C[C@H]3[C@@H]4C[C@H](O[C@@H]5OC(C)[C@H](OC)C(OC)C5OC)C[C@H]4[C@H]4N[C@H]4[C@H]3[C@@H]2CC(=O)O1. The number of nitrogens with zero attached hydrogens (tertiary/aromatic N) is 1. The number of methoxy groups -OCH3 is 3. The van der Waals surface area contributed by atoms with Crippen LogP contribution in [0.5, 0.6) is 0 Å². The second-order valence-electron chi connectivity index (χ2n) is 17.3. The molecule has 4 aliphatic heterocycles. The van der Waals surface area contributed by atoms with Gasteiger partial charge >= 0.3 is 5.97 Å². The predicted octanol–water partition coefficient (Wildman–Crippen LogP) is 4.27. The number of carbonyl (C=O) groups is 2. The molecule has 4 saturated heterocycles. The smallest absolute Gasteiger partial charge is 0.306 e. The largest absolute Gasteiger partial charge is 0.462 e. The van der Waals surface area contributed by atoms with Crippen LogP contribution in [-0.2, 0) is 47.5 Å². The summed E-state index contributed by atoms with van der Waals surface area (Å²) in [5.74, 6) is 0.423. The third-order valence-electron chi connectivity index (χ3n) is 14.2. The van der Waals surface area contributed by atoms with Gasteiger partial charge in [-0.15, -0.1) is 0 Å². The second-order valence-corrected chi connectivity index (χ2v) is 17.3. The molecule has 4 heterocycles. The standard InChI is InChI=1S/C41H66N2O10/c1-10-23-12-11-13-31(53-33-15-14-30(43(5)6)21(3)49-33)20(2)37(45)29-18-26-25-16-24(52-41-40(48-9)39(47-8)38(46-7)22(4)50-41)17-28(25)35-36(42-35)34(26)27(29)19-32(44)51-23/h18,20-28,30-31,33-36,38-42H,10-17,19H2,1-9H3/t20-,21?,22?,23+,24+,25+,26+,27-,28-,30+,31+,33?,34-,35-,36+,38+,39?,40?,41+/m1/s1. The van der Waals surface area contributed by atoms with E-state index in [9.17, 15) is 9.59 Å². The number of fused-ring (bicyclic) bond motifs is 8. The van der Waals surface area contributed by atoms with E-state index in [1.54, 1.807) is 21.3 Å². The summed E-state index contributed by atoms with van der Waals surface area (Å²) in [5.41, 5.74) is 0.798. The van der Waals surface area contributed by atoms with E-state index < -0.39 is 12.4 Å². The summed E-state index contributed by atoms with van der Waals surface area (Å²) in [6.07, 6.45) is 6.49. The molecule has 5 unspecified atom stereocenters. The number of Topliss-reactive ketones (excluding diaryl/α,β-unsaturated/α-hetero) is 1. The number of cyclic esters (lactones) is 1. The lowest BCUT2D eigenvalue weighted by Gasteiger charge is -2.44. The van der Waals surface area contributed by atoms with Crippen LogP contribution >= 0.6 is 0 Å². The molecule has 19 atom stereocenters. The van der Waals surface area contributed by atoms with Crippen molar-refractivity contribution in [2.24, 2.45) is 35.5 Å². The number of nitrogens with one attached hydrogen (secondary N) is 1. The molecule has 3 aliphatic carbocycles. The van der Waals surface area contributed by atoms with Crippen LogP contribution in [-0.4, -0.2) is 132 Å². The Hall–Kier alpha value is -1.48. The highest BCUT2D eigenvalue weighted by atomic mass is 16.7. The van der Waals surface area contributed by atoms with Crippen molar-refractivity contribution in [2.45, 2.75) is 165 Å². The molecule has 0 aromatic rings. The van der Waals surface area contributed by atoms with E-state index in [4.69, 9.17) is 37.9 Å². The van der Waals surface area contributed by atoms with Crippen LogP contribution in [0.3, 0.4) is 0 Å². The van der Waals surface area contributed by atoms with Crippen LogP contribution in [0, 0.1) is 35.5 Å². The zero-order valence-corrected chi connectivity index (χ0v) is 33.4.